The molecular formula is C14H20N2OS. The van der Waals surface area contributed by atoms with Gasteiger partial charge in [0.25, 0.3) is 0 Å². The molecule has 4 heteroatoms. The van der Waals surface area contributed by atoms with Crippen molar-refractivity contribution in [1.82, 2.24) is 0 Å². The summed E-state index contributed by atoms with van der Waals surface area (Å²) in [5.41, 5.74) is 8.00. The molecule has 1 atom stereocenters. The summed E-state index contributed by atoms with van der Waals surface area (Å²) in [5, 5.41) is 2.95. The Kier molecular flexibility index (Phi) is 3.69. The number of nitrogens with one attached hydrogen (secondary N) is 1. The van der Waals surface area contributed by atoms with Crippen LogP contribution in [0, 0.1) is 0 Å². The SMILES string of the molecule is CC1Sc2ccc(CCC(C)(C)N)cc2NC1=O. The van der Waals surface area contributed by atoms with Gasteiger partial charge < -0.3 is 11.1 Å². The van der Waals surface area contributed by atoms with Crippen molar-refractivity contribution < 1.29 is 4.79 Å². The molecule has 98 valence electrons. The number of aryl methyl sites for hydroxylation is 1. The highest BCUT2D eigenvalue weighted by molar-refractivity contribution is 8.00. The zero-order chi connectivity index (χ0) is 13.3. The molecule has 0 saturated heterocycles. The van der Waals surface area contributed by atoms with Crippen molar-refractivity contribution in [3.8, 4) is 0 Å². The van der Waals surface area contributed by atoms with Crippen LogP contribution < -0.4 is 11.1 Å². The van der Waals surface area contributed by atoms with Crippen LogP contribution in [0.4, 0.5) is 5.69 Å². The van der Waals surface area contributed by atoms with Gasteiger partial charge in [-0.3, -0.25) is 4.79 Å². The quantitative estimate of drug-likeness (QED) is 0.882. The van der Waals surface area contributed by atoms with E-state index in [2.05, 4.69) is 23.5 Å². The molecule has 3 nitrogen and oxygen atoms in total. The zero-order valence-electron chi connectivity index (χ0n) is 11.1. The molecule has 2 rings (SSSR count). The Labute approximate surface area is 113 Å². The summed E-state index contributed by atoms with van der Waals surface area (Å²) in [7, 11) is 0. The van der Waals surface area contributed by atoms with E-state index in [1.807, 2.05) is 20.8 Å². The number of hydrogen-bond donors (Lipinski definition) is 2. The number of carbonyl (C=O) groups excluding carboxylic acids is 1. The highest BCUT2D eigenvalue weighted by atomic mass is 32.2. The first-order valence-electron chi connectivity index (χ1n) is 6.24. The predicted molar refractivity (Wildman–Crippen MR) is 77.0 cm³/mol. The average Bonchev–Trinajstić information content (AvgIpc) is 2.27. The molecule has 1 aliphatic heterocycles. The Bertz CT molecular complexity index is 465. The lowest BCUT2D eigenvalue weighted by Crippen LogP contribution is -2.32. The van der Waals surface area contributed by atoms with Gasteiger partial charge in [-0.05, 0) is 51.3 Å². The second-order valence-corrected chi connectivity index (χ2v) is 6.95. The van der Waals surface area contributed by atoms with Gasteiger partial charge in [-0.25, -0.2) is 0 Å². The summed E-state index contributed by atoms with van der Waals surface area (Å²) in [6.45, 7) is 5.99. The standard InChI is InChI=1S/C14H20N2OS/c1-9-13(17)16-11-8-10(4-5-12(11)18-9)6-7-14(2,3)15/h4-5,8-9H,6-7,15H2,1-3H3,(H,16,17). The molecule has 0 fully saturated rings. The number of benzene rings is 1. The molecule has 1 aromatic rings. The third-order valence-electron chi connectivity index (χ3n) is 3.03. The topological polar surface area (TPSA) is 55.1 Å². The fourth-order valence-corrected chi connectivity index (χ4v) is 2.81. The number of amides is 1. The van der Waals surface area contributed by atoms with Gasteiger partial charge >= 0.3 is 0 Å². The first kappa shape index (κ1) is 13.4. The summed E-state index contributed by atoms with van der Waals surface area (Å²) in [4.78, 5) is 12.8. The maximum Gasteiger partial charge on any atom is 0.237 e. The summed E-state index contributed by atoms with van der Waals surface area (Å²) in [5.74, 6) is 0.0869. The lowest BCUT2D eigenvalue weighted by molar-refractivity contribution is -0.115. The lowest BCUT2D eigenvalue weighted by atomic mass is 9.96. The van der Waals surface area contributed by atoms with E-state index < -0.39 is 0 Å². The van der Waals surface area contributed by atoms with E-state index in [9.17, 15) is 4.79 Å². The molecule has 0 aliphatic carbocycles. The molecule has 0 saturated carbocycles. The Hall–Kier alpha value is -1.00. The Morgan fingerprint density at radius 1 is 1.44 bits per heavy atom. The Balaban J connectivity index is 2.13. The second-order valence-electron chi connectivity index (χ2n) is 5.57. The third-order valence-corrected chi connectivity index (χ3v) is 4.21. The van der Waals surface area contributed by atoms with Crippen molar-refractivity contribution in [2.75, 3.05) is 5.32 Å². The summed E-state index contributed by atoms with van der Waals surface area (Å²) in [6, 6.07) is 6.29. The van der Waals surface area contributed by atoms with Crippen LogP contribution >= 0.6 is 11.8 Å². The number of carbonyl (C=O) groups is 1. The van der Waals surface area contributed by atoms with Crippen molar-refractivity contribution in [1.29, 1.82) is 0 Å². The molecule has 1 amide bonds. The lowest BCUT2D eigenvalue weighted by Gasteiger charge is -2.23. The molecule has 1 aromatic carbocycles. The minimum absolute atomic E-state index is 0.00803. The van der Waals surface area contributed by atoms with Gasteiger partial charge in [-0.2, -0.15) is 0 Å². The number of hydrogen-bond acceptors (Lipinski definition) is 3. The molecule has 1 unspecified atom stereocenters. The summed E-state index contributed by atoms with van der Waals surface area (Å²) >= 11 is 1.62. The number of fused-ring (bicyclic) bond motifs is 1. The number of anilines is 1. The number of rotatable bonds is 3. The smallest absolute Gasteiger partial charge is 0.237 e. The van der Waals surface area contributed by atoms with E-state index in [-0.39, 0.29) is 16.7 Å². The first-order chi connectivity index (χ1) is 8.35. The van der Waals surface area contributed by atoms with E-state index >= 15 is 0 Å². The van der Waals surface area contributed by atoms with Gasteiger partial charge in [0.2, 0.25) is 5.91 Å². The van der Waals surface area contributed by atoms with Crippen LogP contribution in [0.1, 0.15) is 32.8 Å². The molecule has 0 radical (unpaired) electrons. The highest BCUT2D eigenvalue weighted by Gasteiger charge is 2.23. The molecule has 3 N–H and O–H groups in total. The van der Waals surface area contributed by atoms with Crippen LogP contribution in [0.3, 0.4) is 0 Å². The summed E-state index contributed by atoms with van der Waals surface area (Å²) < 4.78 is 0. The van der Waals surface area contributed by atoms with Gasteiger partial charge in [0.15, 0.2) is 0 Å². The van der Waals surface area contributed by atoms with Crippen LogP contribution in [-0.4, -0.2) is 16.7 Å². The molecule has 18 heavy (non-hydrogen) atoms. The molecule has 1 heterocycles. The van der Waals surface area contributed by atoms with Crippen LogP contribution in [0.25, 0.3) is 0 Å². The zero-order valence-corrected chi connectivity index (χ0v) is 11.9. The van der Waals surface area contributed by atoms with Gasteiger partial charge in [0, 0.05) is 10.4 Å². The van der Waals surface area contributed by atoms with Crippen molar-refractivity contribution in [3.05, 3.63) is 23.8 Å². The van der Waals surface area contributed by atoms with Crippen LogP contribution in [-0.2, 0) is 11.2 Å². The van der Waals surface area contributed by atoms with Crippen LogP contribution in [0.15, 0.2) is 23.1 Å². The Morgan fingerprint density at radius 3 is 2.83 bits per heavy atom. The number of thioether (sulfide) groups is 1. The van der Waals surface area contributed by atoms with Crippen molar-refractivity contribution in [2.45, 2.75) is 49.3 Å². The van der Waals surface area contributed by atoms with Gasteiger partial charge in [-0.1, -0.05) is 6.07 Å². The number of nitrogens with two attached hydrogens (primary N) is 1. The van der Waals surface area contributed by atoms with Gasteiger partial charge in [-0.15, -0.1) is 11.8 Å². The van der Waals surface area contributed by atoms with Crippen molar-refractivity contribution >= 4 is 23.4 Å². The molecule has 1 aliphatic rings. The normalized spacial score (nSPS) is 19.3. The third kappa shape index (κ3) is 3.27. The molecule has 0 aromatic heterocycles. The van der Waals surface area contributed by atoms with Crippen molar-refractivity contribution in [2.24, 2.45) is 5.73 Å². The maximum atomic E-state index is 11.6. The minimum atomic E-state index is -0.150. The van der Waals surface area contributed by atoms with E-state index in [0.29, 0.717) is 0 Å². The molecule has 0 spiro atoms. The fourth-order valence-electron chi connectivity index (χ4n) is 1.88. The molecular weight excluding hydrogens is 244 g/mol. The highest BCUT2D eigenvalue weighted by Crippen LogP contribution is 2.36. The van der Waals surface area contributed by atoms with E-state index in [1.54, 1.807) is 11.8 Å². The van der Waals surface area contributed by atoms with Crippen LogP contribution in [0.5, 0.6) is 0 Å². The van der Waals surface area contributed by atoms with Gasteiger partial charge in [0.1, 0.15) is 0 Å². The largest absolute Gasteiger partial charge is 0.326 e. The predicted octanol–water partition coefficient (Wildman–Crippen LogP) is 2.79. The molecule has 0 bridgehead atoms. The van der Waals surface area contributed by atoms with Crippen molar-refractivity contribution in [3.63, 3.8) is 0 Å². The second kappa shape index (κ2) is 4.94. The van der Waals surface area contributed by atoms with E-state index in [0.717, 1.165) is 23.4 Å². The monoisotopic (exact) mass is 264 g/mol. The minimum Gasteiger partial charge on any atom is -0.326 e. The average molecular weight is 264 g/mol. The fraction of sp³-hybridized carbons (Fsp3) is 0.500. The van der Waals surface area contributed by atoms with E-state index in [1.165, 1.54) is 5.56 Å². The summed E-state index contributed by atoms with van der Waals surface area (Å²) in [6.07, 6.45) is 1.87. The van der Waals surface area contributed by atoms with Gasteiger partial charge in [0.05, 0.1) is 10.9 Å². The van der Waals surface area contributed by atoms with E-state index in [4.69, 9.17) is 5.73 Å². The first-order valence-corrected chi connectivity index (χ1v) is 7.12. The maximum absolute atomic E-state index is 11.6. The Morgan fingerprint density at radius 2 is 2.17 bits per heavy atom. The van der Waals surface area contributed by atoms with Crippen LogP contribution in [0.2, 0.25) is 0 Å².